The molecule has 0 aromatic carbocycles. The molecule has 1 aliphatic rings. The van der Waals surface area contributed by atoms with Gasteiger partial charge in [-0.2, -0.15) is 5.10 Å². The Kier molecular flexibility index (Phi) is 6.75. The maximum absolute atomic E-state index is 12.8. The molecule has 1 aliphatic heterocycles. The third kappa shape index (κ3) is 4.56. The van der Waals surface area contributed by atoms with E-state index < -0.39 is 11.9 Å². The number of piperazine rings is 1. The molecule has 4 heterocycles. The van der Waals surface area contributed by atoms with E-state index in [4.69, 9.17) is 10.5 Å². The minimum atomic E-state index is -0.655. The number of rotatable bonds is 7. The number of ether oxygens (including phenoxy) is 1. The van der Waals surface area contributed by atoms with E-state index >= 15 is 0 Å². The molecule has 13 heteroatoms. The van der Waals surface area contributed by atoms with Crippen molar-refractivity contribution in [1.82, 2.24) is 24.6 Å². The second-order valence-electron chi connectivity index (χ2n) is 7.86. The number of carbonyl (C=O) groups is 3. The van der Waals surface area contributed by atoms with Gasteiger partial charge in [0.15, 0.2) is 5.65 Å². The molecule has 180 valence electrons. The first-order chi connectivity index (χ1) is 16.3. The number of nitrogens with zero attached hydrogens (tertiary/aromatic N) is 6. The molecular formula is C21H26N8O4S. The van der Waals surface area contributed by atoms with Crippen molar-refractivity contribution in [3.05, 3.63) is 28.5 Å². The van der Waals surface area contributed by atoms with Gasteiger partial charge >= 0.3 is 5.97 Å². The van der Waals surface area contributed by atoms with Crippen LogP contribution in [0.1, 0.15) is 32.5 Å². The van der Waals surface area contributed by atoms with Gasteiger partial charge in [-0.3, -0.25) is 19.2 Å². The molecule has 3 aromatic rings. The Bertz CT molecular complexity index is 1250. The number of aromatic nitrogens is 4. The quantitative estimate of drug-likeness (QED) is 0.462. The number of amides is 2. The van der Waals surface area contributed by atoms with Gasteiger partial charge in [0, 0.05) is 33.2 Å². The van der Waals surface area contributed by atoms with Crippen molar-refractivity contribution in [2.45, 2.75) is 13.8 Å². The second-order valence-corrected chi connectivity index (χ2v) is 8.88. The summed E-state index contributed by atoms with van der Waals surface area (Å²) in [6, 6.07) is 0. The molecular weight excluding hydrogens is 460 g/mol. The Hall–Kier alpha value is -3.58. The molecule has 2 amide bonds. The topological polar surface area (TPSA) is 149 Å². The molecule has 3 N–H and O–H groups in total. The van der Waals surface area contributed by atoms with E-state index in [1.807, 2.05) is 11.9 Å². The first-order valence-corrected chi connectivity index (χ1v) is 11.6. The maximum Gasteiger partial charge on any atom is 0.341 e. The molecule has 4 rings (SSSR count). The molecule has 0 spiro atoms. The van der Waals surface area contributed by atoms with Crippen LogP contribution in [0.25, 0.3) is 11.0 Å². The van der Waals surface area contributed by atoms with E-state index in [0.717, 1.165) is 28.2 Å². The van der Waals surface area contributed by atoms with Gasteiger partial charge < -0.3 is 20.7 Å². The van der Waals surface area contributed by atoms with Crippen molar-refractivity contribution in [2.24, 2.45) is 12.8 Å². The molecule has 1 saturated heterocycles. The highest BCUT2D eigenvalue weighted by Crippen LogP contribution is 2.33. The second kappa shape index (κ2) is 9.73. The zero-order valence-electron chi connectivity index (χ0n) is 19.2. The molecule has 34 heavy (non-hydrogen) atoms. The molecule has 12 nitrogen and oxygen atoms in total. The average Bonchev–Trinajstić information content (AvgIpc) is 3.34. The van der Waals surface area contributed by atoms with Crippen LogP contribution in [0.15, 0.2) is 12.5 Å². The standard InChI is InChI=1S/C21H26N8O4S/c1-4-33-21(32)15-12(2)16(17(22)31)34-20(15)26-14(30)10-28-5-7-29(8-6-28)19-13-9-25-27(3)18(13)23-11-24-19/h9,11H,4-8,10H2,1-3H3,(H2,22,31)(H,26,30). The zero-order chi connectivity index (χ0) is 24.4. The van der Waals surface area contributed by atoms with Crippen molar-refractivity contribution in [3.8, 4) is 0 Å². The third-order valence-corrected chi connectivity index (χ3v) is 6.87. The third-order valence-electron chi connectivity index (χ3n) is 5.65. The summed E-state index contributed by atoms with van der Waals surface area (Å²) in [5.41, 5.74) is 6.78. The minimum absolute atomic E-state index is 0.144. The lowest BCUT2D eigenvalue weighted by atomic mass is 10.1. The van der Waals surface area contributed by atoms with Crippen LogP contribution in [-0.2, 0) is 16.6 Å². The van der Waals surface area contributed by atoms with Crippen molar-refractivity contribution < 1.29 is 19.1 Å². The SMILES string of the molecule is CCOC(=O)c1c(NC(=O)CN2CCN(c3ncnc4c3cnn4C)CC2)sc(C(N)=O)c1C. The largest absolute Gasteiger partial charge is 0.462 e. The van der Waals surface area contributed by atoms with E-state index in [2.05, 4.69) is 25.3 Å². The van der Waals surface area contributed by atoms with Crippen molar-refractivity contribution in [2.75, 3.05) is 49.5 Å². The van der Waals surface area contributed by atoms with Gasteiger partial charge in [-0.05, 0) is 19.4 Å². The summed E-state index contributed by atoms with van der Waals surface area (Å²) in [4.78, 5) is 50.0. The Morgan fingerprint density at radius 1 is 1.21 bits per heavy atom. The van der Waals surface area contributed by atoms with Gasteiger partial charge in [0.1, 0.15) is 17.1 Å². The van der Waals surface area contributed by atoms with Gasteiger partial charge in [-0.15, -0.1) is 11.3 Å². The predicted molar refractivity (Wildman–Crippen MR) is 127 cm³/mol. The van der Waals surface area contributed by atoms with Gasteiger partial charge in [0.05, 0.1) is 35.2 Å². The first kappa shape index (κ1) is 23.6. The molecule has 1 fully saturated rings. The number of fused-ring (bicyclic) bond motifs is 1. The van der Waals surface area contributed by atoms with E-state index in [9.17, 15) is 14.4 Å². The van der Waals surface area contributed by atoms with Crippen molar-refractivity contribution in [3.63, 3.8) is 0 Å². The van der Waals surface area contributed by atoms with Gasteiger partial charge in [-0.25, -0.2) is 14.8 Å². The van der Waals surface area contributed by atoms with Gasteiger partial charge in [0.25, 0.3) is 5.91 Å². The van der Waals surface area contributed by atoms with Crippen LogP contribution in [0.2, 0.25) is 0 Å². The highest BCUT2D eigenvalue weighted by atomic mass is 32.1. The van der Waals surface area contributed by atoms with E-state index in [-0.39, 0.29) is 34.5 Å². The Morgan fingerprint density at radius 3 is 2.62 bits per heavy atom. The van der Waals surface area contributed by atoms with Crippen LogP contribution in [0.5, 0.6) is 0 Å². The van der Waals surface area contributed by atoms with E-state index in [1.165, 1.54) is 6.33 Å². The van der Waals surface area contributed by atoms with Crippen LogP contribution in [-0.4, -0.2) is 81.8 Å². The fourth-order valence-electron chi connectivity index (χ4n) is 3.97. The summed E-state index contributed by atoms with van der Waals surface area (Å²) in [7, 11) is 1.84. The van der Waals surface area contributed by atoms with Crippen LogP contribution < -0.4 is 16.0 Å². The lowest BCUT2D eigenvalue weighted by Gasteiger charge is -2.35. The molecule has 0 unspecified atom stereocenters. The Balaban J connectivity index is 1.40. The molecule has 0 atom stereocenters. The molecule has 0 bridgehead atoms. The fourth-order valence-corrected chi connectivity index (χ4v) is 5.04. The van der Waals surface area contributed by atoms with Gasteiger partial charge in [-0.1, -0.05) is 0 Å². The van der Waals surface area contributed by atoms with Crippen LogP contribution in [0.3, 0.4) is 0 Å². The van der Waals surface area contributed by atoms with Crippen molar-refractivity contribution >= 4 is 51.0 Å². The first-order valence-electron chi connectivity index (χ1n) is 10.8. The van der Waals surface area contributed by atoms with E-state index in [0.29, 0.717) is 31.7 Å². The normalized spacial score (nSPS) is 14.4. The fraction of sp³-hybridized carbons (Fsp3) is 0.429. The minimum Gasteiger partial charge on any atom is -0.462 e. The number of nitrogens with two attached hydrogens (primary N) is 1. The molecule has 3 aromatic heterocycles. The number of primary amides is 1. The predicted octanol–water partition coefficient (Wildman–Crippen LogP) is 0.770. The summed E-state index contributed by atoms with van der Waals surface area (Å²) in [6.45, 7) is 6.30. The summed E-state index contributed by atoms with van der Waals surface area (Å²) >= 11 is 0.983. The summed E-state index contributed by atoms with van der Waals surface area (Å²) in [6.07, 6.45) is 3.29. The Morgan fingerprint density at radius 2 is 1.94 bits per heavy atom. The van der Waals surface area contributed by atoms with Crippen molar-refractivity contribution in [1.29, 1.82) is 0 Å². The number of thiophene rings is 1. The number of carbonyl (C=O) groups excluding carboxylic acids is 3. The molecule has 0 radical (unpaired) electrons. The highest BCUT2D eigenvalue weighted by Gasteiger charge is 2.27. The Labute approximate surface area is 199 Å². The summed E-state index contributed by atoms with van der Waals surface area (Å²) < 4.78 is 6.80. The number of nitrogens with one attached hydrogen (secondary N) is 1. The molecule has 0 saturated carbocycles. The number of hydrogen-bond acceptors (Lipinski definition) is 10. The number of aryl methyl sites for hydroxylation is 1. The van der Waals surface area contributed by atoms with Gasteiger partial charge in [0.2, 0.25) is 5.91 Å². The smallest absolute Gasteiger partial charge is 0.341 e. The van der Waals surface area contributed by atoms with E-state index in [1.54, 1.807) is 24.7 Å². The number of anilines is 2. The van der Waals surface area contributed by atoms with Crippen LogP contribution in [0, 0.1) is 6.92 Å². The summed E-state index contributed by atoms with van der Waals surface area (Å²) in [5.74, 6) is -0.710. The summed E-state index contributed by atoms with van der Waals surface area (Å²) in [5, 5.41) is 8.19. The maximum atomic E-state index is 12.8. The zero-order valence-corrected chi connectivity index (χ0v) is 20.0. The highest BCUT2D eigenvalue weighted by molar-refractivity contribution is 7.18. The van der Waals surface area contributed by atoms with Crippen LogP contribution in [0.4, 0.5) is 10.8 Å². The monoisotopic (exact) mass is 486 g/mol. The lowest BCUT2D eigenvalue weighted by Crippen LogP contribution is -2.49. The molecule has 0 aliphatic carbocycles. The lowest BCUT2D eigenvalue weighted by molar-refractivity contribution is -0.117. The van der Waals surface area contributed by atoms with Crippen LogP contribution >= 0.6 is 11.3 Å². The number of hydrogen-bond donors (Lipinski definition) is 2. The number of esters is 1. The average molecular weight is 487 g/mol.